The highest BCUT2D eigenvalue weighted by Crippen LogP contribution is 2.39. The van der Waals surface area contributed by atoms with E-state index in [9.17, 15) is 14.3 Å². The van der Waals surface area contributed by atoms with Gasteiger partial charge in [0.2, 0.25) is 0 Å². The molecule has 2 heterocycles. The lowest BCUT2D eigenvalue weighted by atomic mass is 10.1. The summed E-state index contributed by atoms with van der Waals surface area (Å²) in [5.41, 5.74) is 1.65. The molecule has 0 spiro atoms. The lowest BCUT2D eigenvalue weighted by Gasteiger charge is -2.22. The number of anilines is 1. The Balaban J connectivity index is 1.59. The number of hydrogen-bond donors (Lipinski definition) is 2. The zero-order valence-corrected chi connectivity index (χ0v) is 17.7. The van der Waals surface area contributed by atoms with Crippen molar-refractivity contribution in [1.82, 2.24) is 15.3 Å². The van der Waals surface area contributed by atoms with Crippen molar-refractivity contribution in [3.8, 4) is 17.5 Å². The number of aromatic hydroxyl groups is 1. The van der Waals surface area contributed by atoms with Gasteiger partial charge in [-0.2, -0.15) is 20.1 Å². The Morgan fingerprint density at radius 2 is 1.88 bits per heavy atom. The van der Waals surface area contributed by atoms with E-state index in [-0.39, 0.29) is 45.5 Å². The number of urea groups is 1. The Bertz CT molecular complexity index is 1230. The number of aromatic nitrogens is 2. The van der Waals surface area contributed by atoms with Crippen LogP contribution < -0.4 is 15.1 Å². The topological polar surface area (TPSA) is 99.9 Å². The fourth-order valence-corrected chi connectivity index (χ4v) is 3.36. The molecule has 4 rings (SSSR count). The molecule has 162 valence electrons. The van der Waals surface area contributed by atoms with Crippen LogP contribution in [-0.4, -0.2) is 27.3 Å². The molecule has 0 fully saturated rings. The van der Waals surface area contributed by atoms with Gasteiger partial charge in [-0.25, -0.2) is 9.18 Å². The number of nitrogens with one attached hydrogen (secondary N) is 1. The SMILES string of the molecule is C=C1C=NN(c2cc(Cl)c(Oc3ncc(O)c(Cc4ccc(F)cc4)n3)c(Cl)c2)C(=O)N1. The molecule has 2 aromatic carbocycles. The number of nitrogens with zero attached hydrogens (tertiary/aromatic N) is 4. The smallest absolute Gasteiger partial charge is 0.347 e. The predicted molar refractivity (Wildman–Crippen MR) is 118 cm³/mol. The van der Waals surface area contributed by atoms with Crippen LogP contribution in [0.1, 0.15) is 11.3 Å². The maximum Gasteiger partial charge on any atom is 0.347 e. The van der Waals surface area contributed by atoms with E-state index in [1.807, 2.05) is 0 Å². The zero-order valence-electron chi connectivity index (χ0n) is 16.2. The van der Waals surface area contributed by atoms with Crippen LogP contribution in [0.2, 0.25) is 10.0 Å². The molecule has 1 aromatic heterocycles. The number of ether oxygens (including phenoxy) is 1. The van der Waals surface area contributed by atoms with Gasteiger partial charge in [0.05, 0.1) is 39.5 Å². The Morgan fingerprint density at radius 3 is 2.53 bits per heavy atom. The maximum atomic E-state index is 13.1. The van der Waals surface area contributed by atoms with Crippen LogP contribution in [0.4, 0.5) is 14.9 Å². The van der Waals surface area contributed by atoms with E-state index in [4.69, 9.17) is 27.9 Å². The molecule has 1 aliphatic heterocycles. The largest absolute Gasteiger partial charge is 0.504 e. The van der Waals surface area contributed by atoms with E-state index < -0.39 is 6.03 Å². The lowest BCUT2D eigenvalue weighted by Crippen LogP contribution is -2.40. The number of rotatable bonds is 5. The Hall–Kier alpha value is -3.69. The highest BCUT2D eigenvalue weighted by molar-refractivity contribution is 6.37. The molecule has 0 atom stereocenters. The first-order valence-electron chi connectivity index (χ1n) is 9.10. The van der Waals surface area contributed by atoms with Crippen molar-refractivity contribution >= 4 is 41.1 Å². The number of allylic oxidation sites excluding steroid dienone is 1. The summed E-state index contributed by atoms with van der Waals surface area (Å²) in [6.07, 6.45) is 2.77. The monoisotopic (exact) mass is 473 g/mol. The number of carbonyl (C=O) groups excluding carboxylic acids is 1. The molecule has 0 saturated carbocycles. The number of amides is 2. The summed E-state index contributed by atoms with van der Waals surface area (Å²) in [6.45, 7) is 3.60. The van der Waals surface area contributed by atoms with Gasteiger partial charge in [-0.15, -0.1) is 0 Å². The number of hydrogen-bond acceptors (Lipinski definition) is 6. The van der Waals surface area contributed by atoms with Crippen LogP contribution in [0.15, 0.2) is 60.0 Å². The van der Waals surface area contributed by atoms with E-state index in [0.29, 0.717) is 11.4 Å². The minimum Gasteiger partial charge on any atom is -0.504 e. The summed E-state index contributed by atoms with van der Waals surface area (Å²) in [4.78, 5) is 20.2. The molecule has 0 radical (unpaired) electrons. The van der Waals surface area contributed by atoms with E-state index in [1.165, 1.54) is 36.7 Å². The molecule has 32 heavy (non-hydrogen) atoms. The average molecular weight is 474 g/mol. The van der Waals surface area contributed by atoms with Crippen molar-refractivity contribution in [3.63, 3.8) is 0 Å². The van der Waals surface area contributed by atoms with Gasteiger partial charge in [0.25, 0.3) is 0 Å². The molecule has 1 aliphatic rings. The normalized spacial score (nSPS) is 13.3. The lowest BCUT2D eigenvalue weighted by molar-refractivity contribution is 0.248. The van der Waals surface area contributed by atoms with Gasteiger partial charge in [0.1, 0.15) is 5.82 Å². The minimum absolute atomic E-state index is 0.0568. The number of hydrazone groups is 1. The second-order valence-electron chi connectivity index (χ2n) is 6.64. The molecule has 0 bridgehead atoms. The van der Waals surface area contributed by atoms with Crippen LogP contribution in [0, 0.1) is 5.82 Å². The average Bonchev–Trinajstić information content (AvgIpc) is 2.74. The van der Waals surface area contributed by atoms with Crippen molar-refractivity contribution < 1.29 is 19.0 Å². The first kappa shape index (κ1) is 21.5. The molecule has 11 heteroatoms. The Kier molecular flexibility index (Phi) is 5.93. The molecule has 0 saturated heterocycles. The number of carbonyl (C=O) groups is 1. The predicted octanol–water partition coefficient (Wildman–Crippen LogP) is 5.04. The third kappa shape index (κ3) is 4.63. The van der Waals surface area contributed by atoms with Gasteiger partial charge >= 0.3 is 12.0 Å². The van der Waals surface area contributed by atoms with E-state index >= 15 is 0 Å². The molecular weight excluding hydrogens is 460 g/mol. The standard InChI is InChI=1S/C21H14Cl2FN5O3/c1-11-9-26-29(21(31)27-11)14-7-15(22)19(16(23)8-14)32-20-25-10-18(30)17(28-20)6-12-2-4-13(24)5-3-12/h2-5,7-10,30H,1,6H2,(H,27,31). The minimum atomic E-state index is -0.523. The van der Waals surface area contributed by atoms with Crippen LogP contribution in [0.3, 0.4) is 0 Å². The Morgan fingerprint density at radius 1 is 1.19 bits per heavy atom. The summed E-state index contributed by atoms with van der Waals surface area (Å²) in [5, 5.41) is 17.8. The number of benzene rings is 2. The summed E-state index contributed by atoms with van der Waals surface area (Å²) >= 11 is 12.6. The van der Waals surface area contributed by atoms with E-state index in [1.54, 1.807) is 12.1 Å². The van der Waals surface area contributed by atoms with Crippen LogP contribution in [0.5, 0.6) is 17.5 Å². The molecule has 0 aliphatic carbocycles. The van der Waals surface area contributed by atoms with Gasteiger partial charge in [-0.1, -0.05) is 41.9 Å². The van der Waals surface area contributed by atoms with Gasteiger partial charge in [0, 0.05) is 6.42 Å². The zero-order chi connectivity index (χ0) is 22.8. The molecule has 2 amide bonds. The molecule has 8 nitrogen and oxygen atoms in total. The second kappa shape index (κ2) is 8.81. The summed E-state index contributed by atoms with van der Waals surface area (Å²) in [6, 6.07) is 8.04. The van der Waals surface area contributed by atoms with Gasteiger partial charge in [-0.3, -0.25) is 0 Å². The first-order valence-corrected chi connectivity index (χ1v) is 9.86. The molecule has 3 aromatic rings. The third-order valence-corrected chi connectivity index (χ3v) is 4.88. The summed E-state index contributed by atoms with van der Waals surface area (Å²) < 4.78 is 18.8. The molecule has 0 unspecified atom stereocenters. The van der Waals surface area contributed by atoms with Crippen LogP contribution in [-0.2, 0) is 6.42 Å². The summed E-state index contributed by atoms with van der Waals surface area (Å²) in [7, 11) is 0. The van der Waals surface area contributed by atoms with E-state index in [2.05, 4.69) is 27.0 Å². The van der Waals surface area contributed by atoms with Gasteiger partial charge in [-0.05, 0) is 29.8 Å². The number of halogens is 3. The van der Waals surface area contributed by atoms with Crippen molar-refractivity contribution in [2.24, 2.45) is 5.10 Å². The van der Waals surface area contributed by atoms with Crippen molar-refractivity contribution in [1.29, 1.82) is 0 Å². The maximum absolute atomic E-state index is 13.1. The van der Waals surface area contributed by atoms with Crippen molar-refractivity contribution in [3.05, 3.63) is 82.0 Å². The van der Waals surface area contributed by atoms with Crippen molar-refractivity contribution in [2.75, 3.05) is 5.01 Å². The highest BCUT2D eigenvalue weighted by atomic mass is 35.5. The van der Waals surface area contributed by atoms with E-state index in [0.717, 1.165) is 10.6 Å². The van der Waals surface area contributed by atoms with Gasteiger partial charge < -0.3 is 15.2 Å². The van der Waals surface area contributed by atoms with Crippen molar-refractivity contribution in [2.45, 2.75) is 6.42 Å². The first-order chi connectivity index (χ1) is 15.3. The molecule has 2 N–H and O–H groups in total. The van der Waals surface area contributed by atoms with Gasteiger partial charge in [0.15, 0.2) is 11.5 Å². The second-order valence-corrected chi connectivity index (χ2v) is 7.45. The molecular formula is C21H14Cl2FN5O3. The quantitative estimate of drug-likeness (QED) is 0.540. The van der Waals surface area contributed by atoms with Crippen LogP contribution in [0.25, 0.3) is 0 Å². The van der Waals surface area contributed by atoms with Crippen LogP contribution >= 0.6 is 23.2 Å². The highest BCUT2D eigenvalue weighted by Gasteiger charge is 2.22. The Labute approximate surface area is 191 Å². The third-order valence-electron chi connectivity index (χ3n) is 4.32. The summed E-state index contributed by atoms with van der Waals surface area (Å²) in [5.74, 6) is -0.457. The fraction of sp³-hybridized carbons (Fsp3) is 0.0476. The fourth-order valence-electron chi connectivity index (χ4n) is 2.81.